The molecule has 2 rings (SSSR count). The van der Waals surface area contributed by atoms with Crippen molar-refractivity contribution in [2.45, 2.75) is 40.7 Å². The van der Waals surface area contributed by atoms with Crippen LogP contribution in [0, 0.1) is 16.7 Å². The lowest BCUT2D eigenvalue weighted by Gasteiger charge is -2.23. The minimum atomic E-state index is -0.510. The molecule has 146 valence electrons. The summed E-state index contributed by atoms with van der Waals surface area (Å²) >= 11 is 0. The predicted octanol–water partition coefficient (Wildman–Crippen LogP) is 4.60. The highest BCUT2D eigenvalue weighted by molar-refractivity contribution is 5.98. The number of nitrogens with one attached hydrogen (secondary N) is 1. The molecule has 0 saturated carbocycles. The summed E-state index contributed by atoms with van der Waals surface area (Å²) in [6.45, 7) is 8.65. The summed E-state index contributed by atoms with van der Waals surface area (Å²) in [6, 6.07) is 16.4. The molecule has 2 aromatic rings. The normalized spacial score (nSPS) is 10.8. The van der Waals surface area contributed by atoms with Crippen molar-refractivity contribution in [2.24, 2.45) is 5.41 Å². The Morgan fingerprint density at radius 1 is 1.11 bits per heavy atom. The first-order valence-electron chi connectivity index (χ1n) is 9.44. The van der Waals surface area contributed by atoms with Crippen LogP contribution in [-0.2, 0) is 11.3 Å². The van der Waals surface area contributed by atoms with Crippen molar-refractivity contribution < 1.29 is 9.59 Å². The van der Waals surface area contributed by atoms with Gasteiger partial charge in [-0.25, -0.2) is 0 Å². The number of hydrogen-bond acceptors (Lipinski definition) is 3. The SMILES string of the molecule is CCCN(Cc1ccc(C#N)cc1)C(=O)c1cccc(NC(=O)C(C)(C)C)c1. The van der Waals surface area contributed by atoms with Crippen LogP contribution in [0.25, 0.3) is 0 Å². The van der Waals surface area contributed by atoms with E-state index in [1.807, 2.05) is 39.8 Å². The molecule has 2 aromatic carbocycles. The van der Waals surface area contributed by atoms with E-state index >= 15 is 0 Å². The number of anilines is 1. The van der Waals surface area contributed by atoms with E-state index in [4.69, 9.17) is 5.26 Å². The van der Waals surface area contributed by atoms with Crippen molar-refractivity contribution in [3.63, 3.8) is 0 Å². The Kier molecular flexibility index (Phi) is 6.94. The molecule has 0 aliphatic heterocycles. The second kappa shape index (κ2) is 9.18. The molecule has 5 heteroatoms. The Hall–Kier alpha value is -3.13. The van der Waals surface area contributed by atoms with Gasteiger partial charge in [-0.1, -0.05) is 45.9 Å². The molecule has 0 heterocycles. The van der Waals surface area contributed by atoms with E-state index in [-0.39, 0.29) is 11.8 Å². The van der Waals surface area contributed by atoms with Gasteiger partial charge >= 0.3 is 0 Å². The van der Waals surface area contributed by atoms with Gasteiger partial charge in [0, 0.05) is 29.8 Å². The fourth-order valence-electron chi connectivity index (χ4n) is 2.66. The fourth-order valence-corrected chi connectivity index (χ4v) is 2.66. The van der Waals surface area contributed by atoms with Gasteiger partial charge in [0.15, 0.2) is 0 Å². The highest BCUT2D eigenvalue weighted by atomic mass is 16.2. The third-order valence-corrected chi connectivity index (χ3v) is 4.29. The Labute approximate surface area is 167 Å². The van der Waals surface area contributed by atoms with Crippen molar-refractivity contribution in [2.75, 3.05) is 11.9 Å². The monoisotopic (exact) mass is 377 g/mol. The minimum absolute atomic E-state index is 0.0851. The van der Waals surface area contributed by atoms with Gasteiger partial charge in [0.25, 0.3) is 5.91 Å². The van der Waals surface area contributed by atoms with Crippen LogP contribution in [-0.4, -0.2) is 23.3 Å². The Morgan fingerprint density at radius 3 is 2.36 bits per heavy atom. The van der Waals surface area contributed by atoms with Gasteiger partial charge in [-0.2, -0.15) is 5.26 Å². The number of nitrogens with zero attached hydrogens (tertiary/aromatic N) is 2. The van der Waals surface area contributed by atoms with Crippen molar-refractivity contribution in [3.05, 3.63) is 65.2 Å². The van der Waals surface area contributed by atoms with Gasteiger partial charge in [-0.15, -0.1) is 0 Å². The first-order valence-corrected chi connectivity index (χ1v) is 9.44. The maximum Gasteiger partial charge on any atom is 0.254 e. The summed E-state index contributed by atoms with van der Waals surface area (Å²) in [5, 5.41) is 11.8. The highest BCUT2D eigenvalue weighted by Crippen LogP contribution is 2.19. The van der Waals surface area contributed by atoms with Crippen LogP contribution in [0.15, 0.2) is 48.5 Å². The third-order valence-electron chi connectivity index (χ3n) is 4.29. The molecule has 0 radical (unpaired) electrons. The molecule has 0 bridgehead atoms. The molecule has 28 heavy (non-hydrogen) atoms. The van der Waals surface area contributed by atoms with Gasteiger partial charge in [-0.3, -0.25) is 9.59 Å². The van der Waals surface area contributed by atoms with Gasteiger partial charge in [0.05, 0.1) is 11.6 Å². The third kappa shape index (κ3) is 5.68. The summed E-state index contributed by atoms with van der Waals surface area (Å²) in [7, 11) is 0. The smallest absolute Gasteiger partial charge is 0.254 e. The van der Waals surface area contributed by atoms with Crippen LogP contribution < -0.4 is 5.32 Å². The number of benzene rings is 2. The number of hydrogen-bond donors (Lipinski definition) is 1. The Balaban J connectivity index is 2.19. The van der Waals surface area contributed by atoms with E-state index in [0.717, 1.165) is 12.0 Å². The minimum Gasteiger partial charge on any atom is -0.334 e. The number of carbonyl (C=O) groups excluding carboxylic acids is 2. The van der Waals surface area contributed by atoms with Crippen LogP contribution in [0.1, 0.15) is 55.6 Å². The van der Waals surface area contributed by atoms with Gasteiger partial charge in [0.2, 0.25) is 5.91 Å². The van der Waals surface area contributed by atoms with E-state index in [1.54, 1.807) is 41.3 Å². The van der Waals surface area contributed by atoms with Crippen LogP contribution in [0.3, 0.4) is 0 Å². The molecule has 0 atom stereocenters. The van der Waals surface area contributed by atoms with Crippen LogP contribution >= 0.6 is 0 Å². The molecule has 5 nitrogen and oxygen atoms in total. The van der Waals surface area contributed by atoms with E-state index in [9.17, 15) is 9.59 Å². The average Bonchev–Trinajstić information content (AvgIpc) is 2.67. The molecular formula is C23H27N3O2. The highest BCUT2D eigenvalue weighted by Gasteiger charge is 2.22. The van der Waals surface area contributed by atoms with E-state index in [1.165, 1.54) is 0 Å². The lowest BCUT2D eigenvalue weighted by atomic mass is 9.95. The lowest BCUT2D eigenvalue weighted by molar-refractivity contribution is -0.123. The molecule has 2 amide bonds. The molecule has 0 spiro atoms. The van der Waals surface area contributed by atoms with Crippen LogP contribution in [0.5, 0.6) is 0 Å². The molecule has 0 aliphatic rings. The van der Waals surface area contributed by atoms with E-state index in [0.29, 0.717) is 29.9 Å². The van der Waals surface area contributed by atoms with Gasteiger partial charge < -0.3 is 10.2 Å². The zero-order valence-electron chi connectivity index (χ0n) is 17.0. The van der Waals surface area contributed by atoms with E-state index < -0.39 is 5.41 Å². The van der Waals surface area contributed by atoms with E-state index in [2.05, 4.69) is 11.4 Å². The van der Waals surface area contributed by atoms with Crippen molar-refractivity contribution in [3.8, 4) is 6.07 Å². The second-order valence-corrected chi connectivity index (χ2v) is 7.82. The quantitative estimate of drug-likeness (QED) is 0.800. The fraction of sp³-hybridized carbons (Fsp3) is 0.348. The molecule has 1 N–H and O–H groups in total. The van der Waals surface area contributed by atoms with Crippen molar-refractivity contribution in [1.82, 2.24) is 4.90 Å². The number of carbonyl (C=O) groups is 2. The Bertz CT molecular complexity index is 874. The topological polar surface area (TPSA) is 73.2 Å². The summed E-state index contributed by atoms with van der Waals surface area (Å²) < 4.78 is 0. The lowest BCUT2D eigenvalue weighted by Crippen LogP contribution is -2.31. The second-order valence-electron chi connectivity index (χ2n) is 7.82. The van der Waals surface area contributed by atoms with Gasteiger partial charge in [0.1, 0.15) is 0 Å². The van der Waals surface area contributed by atoms with Crippen molar-refractivity contribution in [1.29, 1.82) is 5.26 Å². The summed E-state index contributed by atoms with van der Waals surface area (Å²) in [6.07, 6.45) is 0.836. The zero-order chi connectivity index (χ0) is 20.7. The zero-order valence-corrected chi connectivity index (χ0v) is 17.0. The average molecular weight is 377 g/mol. The molecule has 0 aliphatic carbocycles. The summed E-state index contributed by atoms with van der Waals surface area (Å²) in [4.78, 5) is 27.1. The molecule has 0 fully saturated rings. The first kappa shape index (κ1) is 21.2. The number of rotatable bonds is 6. The van der Waals surface area contributed by atoms with Gasteiger partial charge in [-0.05, 0) is 42.3 Å². The number of amides is 2. The number of nitriles is 1. The van der Waals surface area contributed by atoms with Crippen LogP contribution in [0.2, 0.25) is 0 Å². The Morgan fingerprint density at radius 2 is 1.79 bits per heavy atom. The van der Waals surface area contributed by atoms with Crippen molar-refractivity contribution >= 4 is 17.5 Å². The van der Waals surface area contributed by atoms with Crippen LogP contribution in [0.4, 0.5) is 5.69 Å². The molecule has 0 saturated heterocycles. The first-order chi connectivity index (χ1) is 13.2. The molecule has 0 aromatic heterocycles. The largest absolute Gasteiger partial charge is 0.334 e. The maximum atomic E-state index is 13.1. The standard InChI is InChI=1S/C23H27N3O2/c1-5-13-26(16-18-11-9-17(15-24)10-12-18)21(27)19-7-6-8-20(14-19)25-22(28)23(2,3)4/h6-12,14H,5,13,16H2,1-4H3,(H,25,28). The summed E-state index contributed by atoms with van der Waals surface area (Å²) in [5.41, 5.74) is 2.20. The maximum absolute atomic E-state index is 13.1. The molecular weight excluding hydrogens is 350 g/mol. The summed E-state index contributed by atoms with van der Waals surface area (Å²) in [5.74, 6) is -0.182. The predicted molar refractivity (Wildman–Crippen MR) is 111 cm³/mol. The molecule has 0 unspecified atom stereocenters.